The molecule has 15 heavy (non-hydrogen) atoms. The molecule has 0 aliphatic rings. The van der Waals surface area contributed by atoms with Crippen LogP contribution in [0.1, 0.15) is 15.9 Å². The van der Waals surface area contributed by atoms with Gasteiger partial charge < -0.3 is 9.84 Å². The van der Waals surface area contributed by atoms with Crippen molar-refractivity contribution >= 4 is 11.7 Å². The Morgan fingerprint density at radius 1 is 1.53 bits per heavy atom. The van der Waals surface area contributed by atoms with Crippen LogP contribution in [0.25, 0.3) is 0 Å². The number of nitro groups is 1. The van der Waals surface area contributed by atoms with Crippen LogP contribution in [0, 0.1) is 17.0 Å². The Morgan fingerprint density at radius 2 is 2.13 bits per heavy atom. The Labute approximate surface area is 85.2 Å². The number of hydrogen-bond acceptors (Lipinski definition) is 5. The van der Waals surface area contributed by atoms with Crippen LogP contribution in [0.4, 0.5) is 5.69 Å². The standard InChI is InChI=1S/C9H9NO5/c1-5-3-6(11)4-7(9(12)15-2)8(5)10(13)14/h3-4,11H,1-2H3. The van der Waals surface area contributed by atoms with Gasteiger partial charge in [-0.2, -0.15) is 0 Å². The Morgan fingerprint density at radius 3 is 2.60 bits per heavy atom. The highest BCUT2D eigenvalue weighted by molar-refractivity contribution is 5.95. The van der Waals surface area contributed by atoms with E-state index in [2.05, 4.69) is 4.74 Å². The maximum atomic E-state index is 11.2. The maximum Gasteiger partial charge on any atom is 0.345 e. The summed E-state index contributed by atoms with van der Waals surface area (Å²) in [5.74, 6) is -1.06. The topological polar surface area (TPSA) is 89.7 Å². The molecular formula is C9H9NO5. The van der Waals surface area contributed by atoms with Gasteiger partial charge in [-0.15, -0.1) is 0 Å². The molecule has 6 heteroatoms. The molecule has 0 saturated heterocycles. The van der Waals surface area contributed by atoms with Crippen molar-refractivity contribution in [2.24, 2.45) is 0 Å². The molecule has 0 aliphatic heterocycles. The van der Waals surface area contributed by atoms with Crippen LogP contribution >= 0.6 is 0 Å². The molecule has 0 unspecified atom stereocenters. The van der Waals surface area contributed by atoms with Crippen LogP contribution in [-0.2, 0) is 4.74 Å². The highest BCUT2D eigenvalue weighted by Gasteiger charge is 2.24. The highest BCUT2D eigenvalue weighted by atomic mass is 16.6. The molecule has 0 atom stereocenters. The van der Waals surface area contributed by atoms with Crippen LogP contribution in [0.5, 0.6) is 5.75 Å². The van der Waals surface area contributed by atoms with Gasteiger partial charge in [0.05, 0.1) is 12.0 Å². The number of hydrogen-bond donors (Lipinski definition) is 1. The van der Waals surface area contributed by atoms with E-state index in [9.17, 15) is 20.0 Å². The number of nitrogens with zero attached hydrogens (tertiary/aromatic N) is 1. The second kappa shape index (κ2) is 3.95. The van der Waals surface area contributed by atoms with Crippen LogP contribution in [0.3, 0.4) is 0 Å². The number of aryl methyl sites for hydroxylation is 1. The number of phenols is 1. The molecule has 0 aromatic heterocycles. The summed E-state index contributed by atoms with van der Waals surface area (Å²) in [6, 6.07) is 2.22. The van der Waals surface area contributed by atoms with Crippen LogP contribution in [0.2, 0.25) is 0 Å². The van der Waals surface area contributed by atoms with Gasteiger partial charge in [-0.3, -0.25) is 10.1 Å². The van der Waals surface area contributed by atoms with E-state index in [0.717, 1.165) is 13.2 Å². The molecule has 0 aliphatic carbocycles. The normalized spacial score (nSPS) is 9.73. The number of ether oxygens (including phenoxy) is 1. The van der Waals surface area contributed by atoms with Crippen molar-refractivity contribution in [1.29, 1.82) is 0 Å². The van der Waals surface area contributed by atoms with Gasteiger partial charge in [0.15, 0.2) is 0 Å². The third kappa shape index (κ3) is 2.04. The first-order chi connectivity index (χ1) is 6.97. The van der Waals surface area contributed by atoms with E-state index in [0.29, 0.717) is 0 Å². The third-order valence-corrected chi connectivity index (χ3v) is 1.87. The Hall–Kier alpha value is -2.11. The Balaban J connectivity index is 3.46. The smallest absolute Gasteiger partial charge is 0.345 e. The summed E-state index contributed by atoms with van der Waals surface area (Å²) < 4.78 is 4.38. The monoisotopic (exact) mass is 211 g/mol. The number of rotatable bonds is 2. The Bertz CT molecular complexity index is 427. The molecule has 0 fully saturated rings. The van der Waals surface area contributed by atoms with E-state index in [1.165, 1.54) is 13.0 Å². The summed E-state index contributed by atoms with van der Waals surface area (Å²) in [5.41, 5.74) is -0.389. The van der Waals surface area contributed by atoms with Gasteiger partial charge in [-0.25, -0.2) is 4.79 Å². The van der Waals surface area contributed by atoms with Crippen LogP contribution in [0.15, 0.2) is 12.1 Å². The predicted molar refractivity (Wildman–Crippen MR) is 50.8 cm³/mol. The van der Waals surface area contributed by atoms with Crippen molar-refractivity contribution < 1.29 is 19.6 Å². The first-order valence-corrected chi connectivity index (χ1v) is 4.03. The predicted octanol–water partition coefficient (Wildman–Crippen LogP) is 1.40. The number of nitro benzene ring substituents is 1. The quantitative estimate of drug-likeness (QED) is 0.453. The van der Waals surface area contributed by atoms with E-state index in [1.54, 1.807) is 0 Å². The lowest BCUT2D eigenvalue weighted by Gasteiger charge is -2.04. The number of esters is 1. The number of carbonyl (C=O) groups is 1. The van der Waals surface area contributed by atoms with Crippen molar-refractivity contribution in [1.82, 2.24) is 0 Å². The van der Waals surface area contributed by atoms with Gasteiger partial charge >= 0.3 is 5.97 Å². The summed E-state index contributed by atoms with van der Waals surface area (Å²) in [7, 11) is 1.12. The van der Waals surface area contributed by atoms with Gasteiger partial charge in [0, 0.05) is 11.6 Å². The van der Waals surface area contributed by atoms with Crippen molar-refractivity contribution in [3.05, 3.63) is 33.4 Å². The van der Waals surface area contributed by atoms with Crippen molar-refractivity contribution in [3.63, 3.8) is 0 Å². The lowest BCUT2D eigenvalue weighted by atomic mass is 10.1. The van der Waals surface area contributed by atoms with Crippen LogP contribution in [-0.4, -0.2) is 23.1 Å². The SMILES string of the molecule is COC(=O)c1cc(O)cc(C)c1[N+](=O)[O-]. The van der Waals surface area contributed by atoms with Crippen LogP contribution < -0.4 is 0 Å². The summed E-state index contributed by atoms with van der Waals surface area (Å²) >= 11 is 0. The fourth-order valence-corrected chi connectivity index (χ4v) is 1.27. The molecular weight excluding hydrogens is 202 g/mol. The first-order valence-electron chi connectivity index (χ1n) is 4.03. The maximum absolute atomic E-state index is 11.2. The van der Waals surface area contributed by atoms with E-state index >= 15 is 0 Å². The van der Waals surface area contributed by atoms with Crippen molar-refractivity contribution in [2.45, 2.75) is 6.92 Å². The zero-order chi connectivity index (χ0) is 11.6. The zero-order valence-electron chi connectivity index (χ0n) is 8.18. The summed E-state index contributed by atoms with van der Waals surface area (Å²) in [5, 5.41) is 19.9. The highest BCUT2D eigenvalue weighted by Crippen LogP contribution is 2.28. The average molecular weight is 211 g/mol. The molecule has 0 amide bonds. The summed E-state index contributed by atoms with van der Waals surface area (Å²) in [6.45, 7) is 1.43. The fraction of sp³-hybridized carbons (Fsp3) is 0.222. The molecule has 6 nitrogen and oxygen atoms in total. The molecule has 1 rings (SSSR count). The molecule has 0 bridgehead atoms. The summed E-state index contributed by atoms with van der Waals surface area (Å²) in [6.07, 6.45) is 0. The second-order valence-electron chi connectivity index (χ2n) is 2.91. The van der Waals surface area contributed by atoms with Gasteiger partial charge in [-0.05, 0) is 13.0 Å². The van der Waals surface area contributed by atoms with Gasteiger partial charge in [0.2, 0.25) is 0 Å². The molecule has 1 aromatic carbocycles. The molecule has 1 N–H and O–H groups in total. The molecule has 80 valence electrons. The first kappa shape index (κ1) is 11.0. The molecule has 1 aromatic rings. The van der Waals surface area contributed by atoms with Crippen molar-refractivity contribution in [2.75, 3.05) is 7.11 Å². The lowest BCUT2D eigenvalue weighted by Crippen LogP contribution is -2.06. The second-order valence-corrected chi connectivity index (χ2v) is 2.91. The van der Waals surface area contributed by atoms with E-state index in [1.807, 2.05) is 0 Å². The molecule has 0 spiro atoms. The summed E-state index contributed by atoms with van der Waals surface area (Å²) in [4.78, 5) is 21.2. The third-order valence-electron chi connectivity index (χ3n) is 1.87. The number of benzene rings is 1. The molecule has 0 radical (unpaired) electrons. The Kier molecular flexibility index (Phi) is 2.89. The number of aromatic hydroxyl groups is 1. The van der Waals surface area contributed by atoms with Gasteiger partial charge in [0.1, 0.15) is 11.3 Å². The van der Waals surface area contributed by atoms with E-state index in [-0.39, 0.29) is 22.6 Å². The minimum absolute atomic E-state index is 0.209. The number of carbonyl (C=O) groups excluding carboxylic acids is 1. The largest absolute Gasteiger partial charge is 0.508 e. The molecule has 0 saturated carbocycles. The lowest BCUT2D eigenvalue weighted by molar-refractivity contribution is -0.385. The van der Waals surface area contributed by atoms with E-state index < -0.39 is 10.9 Å². The number of methoxy groups -OCH3 is 1. The van der Waals surface area contributed by atoms with Gasteiger partial charge in [0.25, 0.3) is 5.69 Å². The van der Waals surface area contributed by atoms with Crippen molar-refractivity contribution in [3.8, 4) is 5.75 Å². The minimum atomic E-state index is -0.847. The number of phenolic OH excluding ortho intramolecular Hbond substituents is 1. The minimum Gasteiger partial charge on any atom is -0.508 e. The van der Waals surface area contributed by atoms with E-state index in [4.69, 9.17) is 0 Å². The average Bonchev–Trinajstić information content (AvgIpc) is 2.14. The zero-order valence-corrected chi connectivity index (χ0v) is 8.18. The van der Waals surface area contributed by atoms with Gasteiger partial charge in [-0.1, -0.05) is 0 Å². The molecule has 0 heterocycles. The fourth-order valence-electron chi connectivity index (χ4n) is 1.27.